The Morgan fingerprint density at radius 1 is 1.41 bits per heavy atom. The molecule has 0 aliphatic heterocycles. The van der Waals surface area contributed by atoms with Gasteiger partial charge >= 0.3 is 6.36 Å². The Morgan fingerprint density at radius 3 is 2.41 bits per heavy atom. The van der Waals surface area contributed by atoms with E-state index in [4.69, 9.17) is 5.11 Å². The Bertz CT molecular complexity index is 410. The molecule has 0 amide bonds. The van der Waals surface area contributed by atoms with Gasteiger partial charge < -0.3 is 9.84 Å². The first-order valence-electron chi connectivity index (χ1n) is 4.08. The third kappa shape index (κ3) is 3.91. The summed E-state index contributed by atoms with van der Waals surface area (Å²) in [6.45, 7) is -0.673. The summed E-state index contributed by atoms with van der Waals surface area (Å²) in [7, 11) is 0. The Kier molecular flexibility index (Phi) is 4.47. The summed E-state index contributed by atoms with van der Waals surface area (Å²) in [6, 6.07) is 1.06. The van der Waals surface area contributed by atoms with Crippen LogP contribution in [-0.4, -0.2) is 16.5 Å². The summed E-state index contributed by atoms with van der Waals surface area (Å²) in [5, 5.41) is 8.72. The van der Waals surface area contributed by atoms with E-state index in [2.05, 4.69) is 9.72 Å². The van der Waals surface area contributed by atoms with Crippen molar-refractivity contribution in [2.45, 2.75) is 19.4 Å². The summed E-state index contributed by atoms with van der Waals surface area (Å²) in [5.74, 6) is -1.23. The number of hydrogen-bond donors (Lipinski definition) is 1. The maximum Gasteiger partial charge on any atom is 0.574 e. The molecule has 0 fully saturated rings. The minimum atomic E-state index is -5.12. The maximum absolute atomic E-state index is 12.5. The zero-order valence-corrected chi connectivity index (χ0v) is 10.1. The minimum Gasteiger partial charge on any atom is -0.390 e. The monoisotopic (exact) mass is 369 g/mol. The summed E-state index contributed by atoms with van der Waals surface area (Å²) < 4.78 is 64.3. The minimum absolute atomic E-state index is 0.157. The molecule has 0 unspecified atom stereocenters. The number of nitrogens with zero attached hydrogens (tertiary/aromatic N) is 1. The number of aliphatic hydroxyl groups is 1. The molecule has 0 spiro atoms. The molecule has 0 saturated heterocycles. The standard InChI is InChI=1S/C8H5F5INO2/c9-6(10)5-4(14)1-3(2-16)15-7(5)17-8(11,12)13/h1,6,16H,2H2. The van der Waals surface area contributed by atoms with Gasteiger partial charge in [0.2, 0.25) is 5.88 Å². The predicted octanol–water partition coefficient (Wildman–Crippen LogP) is 3.01. The molecule has 1 N–H and O–H groups in total. The fraction of sp³-hybridized carbons (Fsp3) is 0.375. The fourth-order valence-electron chi connectivity index (χ4n) is 1.02. The molecular formula is C8H5F5INO2. The molecule has 9 heteroatoms. The van der Waals surface area contributed by atoms with Gasteiger partial charge in [0, 0.05) is 3.57 Å². The number of pyridine rings is 1. The fourth-order valence-corrected chi connectivity index (χ4v) is 1.84. The highest BCUT2D eigenvalue weighted by atomic mass is 127. The SMILES string of the molecule is OCc1cc(I)c(C(F)F)c(OC(F)(F)F)n1. The average Bonchev–Trinajstić information content (AvgIpc) is 2.13. The molecule has 1 rings (SSSR count). The second-order valence-corrected chi connectivity index (χ2v) is 3.98. The largest absolute Gasteiger partial charge is 0.574 e. The van der Waals surface area contributed by atoms with Crippen molar-refractivity contribution in [3.05, 3.63) is 20.9 Å². The summed E-state index contributed by atoms with van der Waals surface area (Å²) in [4.78, 5) is 3.18. The molecule has 0 atom stereocenters. The van der Waals surface area contributed by atoms with Crippen LogP contribution in [-0.2, 0) is 6.61 Å². The number of halogens is 6. The lowest BCUT2D eigenvalue weighted by atomic mass is 10.2. The van der Waals surface area contributed by atoms with E-state index in [0.29, 0.717) is 0 Å². The number of rotatable bonds is 3. The number of hydrogen-bond acceptors (Lipinski definition) is 3. The third-order valence-electron chi connectivity index (χ3n) is 1.62. The Hall–Kier alpha value is -0.710. The Labute approximate surface area is 106 Å². The van der Waals surface area contributed by atoms with Gasteiger partial charge in [-0.25, -0.2) is 13.8 Å². The Balaban J connectivity index is 3.27. The lowest BCUT2D eigenvalue weighted by Crippen LogP contribution is -2.20. The summed E-state index contributed by atoms with van der Waals surface area (Å²) in [5.41, 5.74) is -1.13. The second-order valence-electron chi connectivity index (χ2n) is 2.82. The highest BCUT2D eigenvalue weighted by molar-refractivity contribution is 14.1. The van der Waals surface area contributed by atoms with Gasteiger partial charge in [-0.3, -0.25) is 0 Å². The molecule has 0 saturated carbocycles. The molecule has 0 aromatic carbocycles. The molecule has 0 bridgehead atoms. The van der Waals surface area contributed by atoms with E-state index >= 15 is 0 Å². The van der Waals surface area contributed by atoms with Crippen LogP contribution in [0.4, 0.5) is 22.0 Å². The molecule has 3 nitrogen and oxygen atoms in total. The molecule has 1 aromatic rings. The van der Waals surface area contributed by atoms with Gasteiger partial charge in [0.1, 0.15) is 0 Å². The van der Waals surface area contributed by atoms with Crippen molar-refractivity contribution in [2.75, 3.05) is 0 Å². The maximum atomic E-state index is 12.5. The van der Waals surface area contributed by atoms with E-state index in [0.717, 1.165) is 6.07 Å². The lowest BCUT2D eigenvalue weighted by Gasteiger charge is -2.14. The van der Waals surface area contributed by atoms with E-state index in [1.165, 1.54) is 22.6 Å². The number of aromatic nitrogens is 1. The number of aliphatic hydroxyl groups excluding tert-OH is 1. The van der Waals surface area contributed by atoms with Crippen LogP contribution in [0.3, 0.4) is 0 Å². The average molecular weight is 369 g/mol. The van der Waals surface area contributed by atoms with Crippen LogP contribution < -0.4 is 4.74 Å². The highest BCUT2D eigenvalue weighted by Gasteiger charge is 2.35. The summed E-state index contributed by atoms with van der Waals surface area (Å²) in [6.07, 6.45) is -8.27. The van der Waals surface area contributed by atoms with Crippen molar-refractivity contribution in [1.82, 2.24) is 4.98 Å². The van der Waals surface area contributed by atoms with Crippen LogP contribution in [0.1, 0.15) is 17.7 Å². The molecular weight excluding hydrogens is 364 g/mol. The van der Waals surface area contributed by atoms with Crippen LogP contribution in [0, 0.1) is 3.57 Å². The van der Waals surface area contributed by atoms with Gasteiger partial charge in [-0.1, -0.05) is 0 Å². The van der Waals surface area contributed by atoms with Gasteiger partial charge in [-0.2, -0.15) is 0 Å². The summed E-state index contributed by atoms with van der Waals surface area (Å²) >= 11 is 1.42. The zero-order valence-electron chi connectivity index (χ0n) is 7.93. The van der Waals surface area contributed by atoms with Gasteiger partial charge in [0.15, 0.2) is 0 Å². The van der Waals surface area contributed by atoms with Crippen molar-refractivity contribution < 1.29 is 31.8 Å². The van der Waals surface area contributed by atoms with E-state index in [-0.39, 0.29) is 9.26 Å². The predicted molar refractivity (Wildman–Crippen MR) is 54.5 cm³/mol. The Morgan fingerprint density at radius 2 is 2.00 bits per heavy atom. The molecule has 17 heavy (non-hydrogen) atoms. The smallest absolute Gasteiger partial charge is 0.390 e. The van der Waals surface area contributed by atoms with Crippen molar-refractivity contribution in [3.8, 4) is 5.88 Å². The van der Waals surface area contributed by atoms with Crippen molar-refractivity contribution >= 4 is 22.6 Å². The molecule has 0 aliphatic carbocycles. The first-order valence-corrected chi connectivity index (χ1v) is 5.16. The van der Waals surface area contributed by atoms with E-state index in [9.17, 15) is 22.0 Å². The van der Waals surface area contributed by atoms with Gasteiger partial charge in [-0.05, 0) is 28.7 Å². The highest BCUT2D eigenvalue weighted by Crippen LogP contribution is 2.35. The van der Waals surface area contributed by atoms with Crippen molar-refractivity contribution in [2.24, 2.45) is 0 Å². The first-order chi connectivity index (χ1) is 7.74. The molecule has 0 aliphatic rings. The molecule has 1 aromatic heterocycles. The van der Waals surface area contributed by atoms with Crippen molar-refractivity contribution in [3.63, 3.8) is 0 Å². The van der Waals surface area contributed by atoms with E-state index < -0.39 is 30.8 Å². The topological polar surface area (TPSA) is 42.4 Å². The molecule has 1 heterocycles. The van der Waals surface area contributed by atoms with E-state index in [1.807, 2.05) is 0 Å². The van der Waals surface area contributed by atoms with Gasteiger partial charge in [-0.15, -0.1) is 13.2 Å². The third-order valence-corrected chi connectivity index (χ3v) is 2.51. The van der Waals surface area contributed by atoms with Crippen LogP contribution in [0.25, 0.3) is 0 Å². The van der Waals surface area contributed by atoms with Gasteiger partial charge in [0.05, 0.1) is 17.9 Å². The first kappa shape index (κ1) is 14.4. The normalized spacial score (nSPS) is 12.0. The van der Waals surface area contributed by atoms with Crippen LogP contribution in [0.2, 0.25) is 0 Å². The molecule has 0 radical (unpaired) electrons. The van der Waals surface area contributed by atoms with E-state index in [1.54, 1.807) is 0 Å². The second kappa shape index (κ2) is 5.29. The van der Waals surface area contributed by atoms with Crippen molar-refractivity contribution in [1.29, 1.82) is 0 Å². The van der Waals surface area contributed by atoms with Crippen LogP contribution >= 0.6 is 22.6 Å². The van der Waals surface area contributed by atoms with Crippen LogP contribution in [0.15, 0.2) is 6.07 Å². The quantitative estimate of drug-likeness (QED) is 0.658. The van der Waals surface area contributed by atoms with Crippen LogP contribution in [0.5, 0.6) is 5.88 Å². The molecule has 96 valence electrons. The lowest BCUT2D eigenvalue weighted by molar-refractivity contribution is -0.276. The number of alkyl halides is 5. The van der Waals surface area contributed by atoms with Gasteiger partial charge in [0.25, 0.3) is 6.43 Å². The zero-order chi connectivity index (χ0) is 13.2. The number of ether oxygens (including phenoxy) is 1.